The summed E-state index contributed by atoms with van der Waals surface area (Å²) in [5.41, 5.74) is 4.36. The van der Waals surface area contributed by atoms with Crippen molar-refractivity contribution in [1.29, 1.82) is 0 Å². The van der Waals surface area contributed by atoms with E-state index in [-0.39, 0.29) is 12.6 Å². The molecule has 1 saturated heterocycles. The second-order valence-corrected chi connectivity index (χ2v) is 7.83. The van der Waals surface area contributed by atoms with Gasteiger partial charge in [0.25, 0.3) is 0 Å². The number of Topliss-reactive ketones (excluding diaryl/α,β-unsaturated/α-hetero) is 1. The second kappa shape index (κ2) is 6.42. The Morgan fingerprint density at radius 3 is 3.00 bits per heavy atom. The Hall–Kier alpha value is -3.19. The van der Waals surface area contributed by atoms with Crippen LogP contribution in [0.5, 0.6) is 11.5 Å². The van der Waals surface area contributed by atoms with Crippen molar-refractivity contribution >= 4 is 5.78 Å². The summed E-state index contributed by atoms with van der Waals surface area (Å²) >= 11 is 0. The molecule has 2 aromatic heterocycles. The number of ketones is 1. The molecule has 6 rings (SSSR count). The van der Waals surface area contributed by atoms with E-state index < -0.39 is 0 Å². The summed E-state index contributed by atoms with van der Waals surface area (Å²) in [6, 6.07) is 9.51. The molecule has 2 N–H and O–H groups in total. The average molecular weight is 388 g/mol. The Bertz CT molecular complexity index is 1120. The maximum Gasteiger partial charge on any atom is 0.231 e. The molecule has 0 amide bonds. The molecule has 2 unspecified atom stereocenters. The van der Waals surface area contributed by atoms with Crippen LogP contribution in [0.1, 0.15) is 34.8 Å². The fourth-order valence-electron chi connectivity index (χ4n) is 4.66. The van der Waals surface area contributed by atoms with Crippen molar-refractivity contribution in [3.63, 3.8) is 0 Å². The van der Waals surface area contributed by atoms with E-state index >= 15 is 0 Å². The van der Waals surface area contributed by atoms with Crippen LogP contribution in [-0.2, 0) is 0 Å². The molecule has 2 atom stereocenters. The van der Waals surface area contributed by atoms with Crippen molar-refractivity contribution in [1.82, 2.24) is 20.3 Å². The number of nitrogens with zero attached hydrogens (tertiary/aromatic N) is 2. The van der Waals surface area contributed by atoms with Crippen LogP contribution in [0.15, 0.2) is 36.5 Å². The number of ether oxygens (including phenoxy) is 2. The minimum atomic E-state index is 0.232. The Morgan fingerprint density at radius 2 is 2.03 bits per heavy atom. The lowest BCUT2D eigenvalue weighted by Gasteiger charge is -2.35. The molecule has 4 heterocycles. The molecule has 7 heteroatoms. The fraction of sp³-hybridized carbons (Fsp3) is 0.318. The van der Waals surface area contributed by atoms with Gasteiger partial charge >= 0.3 is 0 Å². The van der Waals surface area contributed by atoms with Crippen LogP contribution in [0.25, 0.3) is 22.8 Å². The normalized spacial score (nSPS) is 22.3. The predicted molar refractivity (Wildman–Crippen MR) is 106 cm³/mol. The van der Waals surface area contributed by atoms with Crippen LogP contribution in [-0.4, -0.2) is 40.6 Å². The summed E-state index contributed by atoms with van der Waals surface area (Å²) in [4.78, 5) is 25.4. The number of carbonyl (C=O) groups excluding carboxylic acids is 1. The van der Waals surface area contributed by atoms with Crippen LogP contribution in [0.2, 0.25) is 0 Å². The first-order chi connectivity index (χ1) is 14.3. The maximum atomic E-state index is 12.7. The molecule has 3 aliphatic rings. The molecule has 29 heavy (non-hydrogen) atoms. The number of piperidine rings is 1. The van der Waals surface area contributed by atoms with Gasteiger partial charge in [0.2, 0.25) is 6.79 Å². The van der Waals surface area contributed by atoms with Crippen LogP contribution in [0.4, 0.5) is 0 Å². The summed E-state index contributed by atoms with van der Waals surface area (Å²) in [6.07, 6.45) is 3.43. The van der Waals surface area contributed by atoms with Crippen LogP contribution in [0, 0.1) is 5.92 Å². The monoisotopic (exact) mass is 388 g/mol. The average Bonchev–Trinajstić information content (AvgIpc) is 3.41. The minimum Gasteiger partial charge on any atom is -0.454 e. The highest BCUT2D eigenvalue weighted by atomic mass is 16.7. The van der Waals surface area contributed by atoms with Gasteiger partial charge in [0.1, 0.15) is 0 Å². The molecule has 3 aromatic rings. The summed E-state index contributed by atoms with van der Waals surface area (Å²) in [7, 11) is 0. The number of carbonyl (C=O) groups is 1. The third-order valence-corrected chi connectivity index (χ3v) is 6.15. The largest absolute Gasteiger partial charge is 0.454 e. The molecule has 7 nitrogen and oxygen atoms in total. The van der Waals surface area contributed by atoms with E-state index in [4.69, 9.17) is 14.5 Å². The van der Waals surface area contributed by atoms with Gasteiger partial charge < -0.3 is 19.8 Å². The number of aromatic amines is 1. The zero-order valence-corrected chi connectivity index (χ0v) is 15.8. The molecule has 0 spiro atoms. The van der Waals surface area contributed by atoms with E-state index in [1.54, 1.807) is 6.20 Å². The Labute approximate surface area is 167 Å². The fourth-order valence-corrected chi connectivity index (χ4v) is 4.66. The van der Waals surface area contributed by atoms with E-state index in [9.17, 15) is 4.79 Å². The van der Waals surface area contributed by atoms with Crippen LogP contribution >= 0.6 is 0 Å². The smallest absolute Gasteiger partial charge is 0.231 e. The van der Waals surface area contributed by atoms with Gasteiger partial charge in [-0.3, -0.25) is 4.79 Å². The molecule has 1 aromatic carbocycles. The summed E-state index contributed by atoms with van der Waals surface area (Å²) in [5, 5.41) is 3.46. The first-order valence-electron chi connectivity index (χ1n) is 9.96. The molecule has 0 radical (unpaired) electrons. The minimum absolute atomic E-state index is 0.232. The highest BCUT2D eigenvalue weighted by molar-refractivity contribution is 6.00. The maximum absolute atomic E-state index is 12.7. The van der Waals surface area contributed by atoms with Crippen molar-refractivity contribution < 1.29 is 14.3 Å². The van der Waals surface area contributed by atoms with Crippen molar-refractivity contribution in [3.8, 4) is 34.3 Å². The van der Waals surface area contributed by atoms with Crippen LogP contribution < -0.4 is 14.8 Å². The molecule has 1 aliphatic carbocycles. The number of H-pyrrole nitrogens is 1. The third kappa shape index (κ3) is 2.73. The Balaban J connectivity index is 1.38. The van der Waals surface area contributed by atoms with E-state index in [0.717, 1.165) is 53.5 Å². The van der Waals surface area contributed by atoms with Crippen LogP contribution in [0.3, 0.4) is 0 Å². The third-order valence-electron chi connectivity index (χ3n) is 6.15. The molecular formula is C22H20N4O3. The zero-order valence-electron chi connectivity index (χ0n) is 15.8. The van der Waals surface area contributed by atoms with Gasteiger partial charge in [-0.05, 0) is 49.2 Å². The lowest BCUT2D eigenvalue weighted by molar-refractivity contribution is 0.0923. The van der Waals surface area contributed by atoms with E-state index in [0.29, 0.717) is 29.8 Å². The number of aromatic nitrogens is 3. The first kappa shape index (κ1) is 16.7. The lowest BCUT2D eigenvalue weighted by Crippen LogP contribution is -2.39. The van der Waals surface area contributed by atoms with Crippen molar-refractivity contribution in [2.75, 3.05) is 19.9 Å². The van der Waals surface area contributed by atoms with E-state index in [2.05, 4.69) is 15.3 Å². The van der Waals surface area contributed by atoms with E-state index in [1.165, 1.54) is 0 Å². The topological polar surface area (TPSA) is 89.1 Å². The number of benzene rings is 1. The second-order valence-electron chi connectivity index (χ2n) is 7.83. The van der Waals surface area contributed by atoms with E-state index in [1.807, 2.05) is 30.3 Å². The molecule has 146 valence electrons. The number of nitrogens with one attached hydrogen (secondary N) is 2. The van der Waals surface area contributed by atoms with Gasteiger partial charge in [-0.25, -0.2) is 9.97 Å². The molecule has 2 aliphatic heterocycles. The highest BCUT2D eigenvalue weighted by Gasteiger charge is 2.37. The predicted octanol–water partition coefficient (Wildman–Crippen LogP) is 3.15. The van der Waals surface area contributed by atoms with Gasteiger partial charge in [-0.15, -0.1) is 0 Å². The Kier molecular flexibility index (Phi) is 3.70. The van der Waals surface area contributed by atoms with Gasteiger partial charge in [0, 0.05) is 41.9 Å². The van der Waals surface area contributed by atoms with Gasteiger partial charge in [-0.2, -0.15) is 0 Å². The van der Waals surface area contributed by atoms with Gasteiger partial charge in [0.05, 0.1) is 11.4 Å². The zero-order chi connectivity index (χ0) is 19.4. The molecule has 0 bridgehead atoms. The lowest BCUT2D eigenvalue weighted by atomic mass is 9.74. The van der Waals surface area contributed by atoms with Crippen molar-refractivity contribution in [2.45, 2.75) is 18.8 Å². The number of fused-ring (bicyclic) bond motifs is 4. The molecule has 1 fully saturated rings. The quantitative estimate of drug-likeness (QED) is 0.701. The van der Waals surface area contributed by atoms with Gasteiger partial charge in [0.15, 0.2) is 23.1 Å². The van der Waals surface area contributed by atoms with Crippen molar-refractivity contribution in [2.24, 2.45) is 5.92 Å². The van der Waals surface area contributed by atoms with Crippen molar-refractivity contribution in [3.05, 3.63) is 47.8 Å². The number of hydrogen-bond donors (Lipinski definition) is 2. The molecule has 0 saturated carbocycles. The highest BCUT2D eigenvalue weighted by Crippen LogP contribution is 2.40. The summed E-state index contributed by atoms with van der Waals surface area (Å²) in [6.45, 7) is 2.14. The first-order valence-corrected chi connectivity index (χ1v) is 9.96. The van der Waals surface area contributed by atoms with Gasteiger partial charge in [-0.1, -0.05) is 0 Å². The SMILES string of the molecule is O=C1CC2CCNCC2c2[nH]c(-c3ccnc(-c4ccc5c(c4)OCO5)n3)cc21. The standard InChI is InChI=1S/C22H20N4O3/c27-18-7-12-3-5-23-10-15(12)21-14(18)9-17(25-21)16-4-6-24-22(26-16)13-1-2-19-20(8-13)29-11-28-19/h1-2,4,6,8-9,12,15,23,25H,3,5,7,10-11H2. The molecular weight excluding hydrogens is 368 g/mol. The summed E-state index contributed by atoms with van der Waals surface area (Å²) in [5.74, 6) is 3.06. The number of rotatable bonds is 2. The Morgan fingerprint density at radius 1 is 1.10 bits per heavy atom. The number of hydrogen-bond acceptors (Lipinski definition) is 6. The summed E-state index contributed by atoms with van der Waals surface area (Å²) < 4.78 is 10.8.